The Morgan fingerprint density at radius 2 is 1.62 bits per heavy atom. The molecule has 1 saturated carbocycles. The Balaban J connectivity index is 2.53. The molecule has 0 spiro atoms. The molecule has 2 aliphatic carbocycles. The van der Waals surface area contributed by atoms with Gasteiger partial charge in [-0.05, 0) is 87.0 Å². The Morgan fingerprint density at radius 1 is 1.05 bits per heavy atom. The van der Waals surface area contributed by atoms with Crippen LogP contribution in [-0.4, -0.2) is 17.6 Å². The zero-order chi connectivity index (χ0) is 30.2. The molecule has 2 aliphatic rings. The highest BCUT2D eigenvalue weighted by Crippen LogP contribution is 2.67. The quantitative estimate of drug-likeness (QED) is 0.193. The monoisotopic (exact) mass is 541 g/mol. The lowest BCUT2D eigenvalue weighted by Gasteiger charge is -2.61. The summed E-state index contributed by atoms with van der Waals surface area (Å²) in [5.74, 6) is -0.263. The fourth-order valence-corrected chi connectivity index (χ4v) is 7.72. The van der Waals surface area contributed by atoms with Crippen LogP contribution in [-0.2, 0) is 14.4 Å². The third kappa shape index (κ3) is 6.15. The molecule has 0 amide bonds. The molecule has 39 heavy (non-hydrogen) atoms. The third-order valence-corrected chi connectivity index (χ3v) is 11.0. The van der Waals surface area contributed by atoms with Gasteiger partial charge in [-0.25, -0.2) is 0 Å². The van der Waals surface area contributed by atoms with Crippen LogP contribution >= 0.6 is 0 Å². The van der Waals surface area contributed by atoms with Crippen LogP contribution in [0.5, 0.6) is 0 Å². The average molecular weight is 542 g/mol. The normalized spacial score (nSPS) is 29.7. The van der Waals surface area contributed by atoms with Crippen molar-refractivity contribution < 1.29 is 18.8 Å². The second-order valence-electron chi connectivity index (χ2n) is 15.2. The molecule has 0 N–H and O–H groups in total. The smallest absolute Gasteiger partial charge is 0.295 e. The lowest BCUT2D eigenvalue weighted by atomic mass is 9.42. The molecule has 1 fully saturated rings. The molecule has 0 aromatic heterocycles. The molecule has 2 rings (SSSR count). The van der Waals surface area contributed by atoms with Crippen LogP contribution < -0.4 is 0 Å². The van der Waals surface area contributed by atoms with Crippen molar-refractivity contribution in [3.63, 3.8) is 0 Å². The van der Waals surface area contributed by atoms with E-state index in [0.29, 0.717) is 19.3 Å². The van der Waals surface area contributed by atoms with E-state index in [1.54, 1.807) is 19.1 Å². The fraction of sp³-hybridized carbons (Fsp3) is 0.765. The number of nitriles is 1. The van der Waals surface area contributed by atoms with Crippen LogP contribution in [0.25, 0.3) is 0 Å². The Labute approximate surface area is 236 Å². The van der Waals surface area contributed by atoms with Gasteiger partial charge in [-0.15, -0.1) is 0 Å². The van der Waals surface area contributed by atoms with Crippen LogP contribution in [0.2, 0.25) is 0 Å². The van der Waals surface area contributed by atoms with E-state index < -0.39 is 27.7 Å². The summed E-state index contributed by atoms with van der Waals surface area (Å²) in [6.45, 7) is 22.2. The largest absolute Gasteiger partial charge is 0.307 e. The zero-order valence-corrected chi connectivity index (χ0v) is 26.4. The van der Waals surface area contributed by atoms with E-state index in [0.717, 1.165) is 37.7 Å². The molecule has 0 aromatic rings. The summed E-state index contributed by atoms with van der Waals surface area (Å²) >= 11 is 0. The number of hydrogen-bond acceptors (Lipinski definition) is 4. The first-order valence-electron chi connectivity index (χ1n) is 14.7. The highest BCUT2D eigenvalue weighted by atomic mass is 19.1. The molecule has 0 aliphatic heterocycles. The summed E-state index contributed by atoms with van der Waals surface area (Å²) in [6, 6.07) is 0.870. The predicted molar refractivity (Wildman–Crippen MR) is 155 cm³/mol. The molecular weight excluding hydrogens is 489 g/mol. The van der Waals surface area contributed by atoms with Gasteiger partial charge in [0.2, 0.25) is 0 Å². The Morgan fingerprint density at radius 3 is 2.10 bits per heavy atom. The topological polar surface area (TPSA) is 75.0 Å². The number of allylic oxidation sites excluding steroid dienone is 4. The molecule has 0 heterocycles. The van der Waals surface area contributed by atoms with Crippen molar-refractivity contribution in [3.05, 3.63) is 23.3 Å². The molecule has 0 radical (unpaired) electrons. The van der Waals surface area contributed by atoms with Crippen LogP contribution in [0.3, 0.4) is 0 Å². The lowest BCUT2D eigenvalue weighted by molar-refractivity contribution is -0.141. The number of halogens is 1. The second kappa shape index (κ2) is 11.1. The first-order valence-corrected chi connectivity index (χ1v) is 14.7. The fourth-order valence-electron chi connectivity index (χ4n) is 7.72. The number of rotatable bonds is 11. The van der Waals surface area contributed by atoms with Crippen LogP contribution in [0, 0.1) is 49.7 Å². The van der Waals surface area contributed by atoms with Gasteiger partial charge < -0.3 is 0 Å². The molecule has 0 bridgehead atoms. The van der Waals surface area contributed by atoms with E-state index in [9.17, 15) is 24.0 Å². The Kier molecular flexibility index (Phi) is 9.39. The van der Waals surface area contributed by atoms with Crippen molar-refractivity contribution in [2.45, 2.75) is 128 Å². The molecule has 0 aromatic carbocycles. The summed E-state index contributed by atoms with van der Waals surface area (Å²) in [4.78, 5) is 38.1. The van der Waals surface area contributed by atoms with Crippen LogP contribution in [0.1, 0.15) is 128 Å². The van der Waals surface area contributed by atoms with Crippen molar-refractivity contribution in [1.82, 2.24) is 0 Å². The number of ketones is 2. The molecular formula is C34H52FNO3. The van der Waals surface area contributed by atoms with E-state index in [-0.39, 0.29) is 33.9 Å². The van der Waals surface area contributed by atoms with E-state index in [1.807, 2.05) is 13.8 Å². The number of carbonyl (C=O) groups is 3. The summed E-state index contributed by atoms with van der Waals surface area (Å²) in [5, 5.41) is 9.83. The van der Waals surface area contributed by atoms with Crippen LogP contribution in [0.15, 0.2) is 23.3 Å². The van der Waals surface area contributed by atoms with Crippen molar-refractivity contribution >= 4 is 17.6 Å². The average Bonchev–Trinajstić information content (AvgIpc) is 2.81. The van der Waals surface area contributed by atoms with E-state index in [4.69, 9.17) is 0 Å². The summed E-state index contributed by atoms with van der Waals surface area (Å²) in [6.07, 6.45) is 9.45. The van der Waals surface area contributed by atoms with Gasteiger partial charge in [0.1, 0.15) is 6.07 Å². The maximum absolute atomic E-state index is 14.6. The highest BCUT2D eigenvalue weighted by Gasteiger charge is 2.61. The number of Topliss-reactive ketones (excluding diaryl/α,β-unsaturated/α-hetero) is 1. The number of hydrogen-bond donors (Lipinski definition) is 0. The number of fused-ring (bicyclic) bond motifs is 1. The van der Waals surface area contributed by atoms with Gasteiger partial charge in [-0.1, -0.05) is 80.4 Å². The Bertz CT molecular complexity index is 1100. The van der Waals surface area contributed by atoms with Gasteiger partial charge in [-0.3, -0.25) is 14.4 Å². The summed E-state index contributed by atoms with van der Waals surface area (Å²) in [5.41, 5.74) is -2.15. The first-order chi connectivity index (χ1) is 17.6. The SMILES string of the molecule is CCCC(C)(C)CC[C@@](C)(CCC(C)(C)[C@]1(C)CC[C@H]2C(C)(C)C(=O)C(C#N)=C[C@]2(C)/C1=C/C(C)=O)C(=O)F. The van der Waals surface area contributed by atoms with Crippen molar-refractivity contribution in [1.29, 1.82) is 5.26 Å². The van der Waals surface area contributed by atoms with E-state index in [1.165, 1.54) is 6.92 Å². The molecule has 218 valence electrons. The van der Waals surface area contributed by atoms with E-state index in [2.05, 4.69) is 54.5 Å². The summed E-state index contributed by atoms with van der Waals surface area (Å²) < 4.78 is 14.6. The highest BCUT2D eigenvalue weighted by molar-refractivity contribution is 6.04. The van der Waals surface area contributed by atoms with Crippen LogP contribution in [0.4, 0.5) is 4.39 Å². The van der Waals surface area contributed by atoms with Gasteiger partial charge in [0.15, 0.2) is 11.6 Å². The Hall–Kier alpha value is -2.09. The van der Waals surface area contributed by atoms with Crippen molar-refractivity contribution in [2.75, 3.05) is 0 Å². The van der Waals surface area contributed by atoms with Gasteiger partial charge >= 0.3 is 6.04 Å². The minimum Gasteiger partial charge on any atom is -0.295 e. The number of carbonyl (C=O) groups excluding carboxylic acids is 3. The molecule has 4 nitrogen and oxygen atoms in total. The maximum Gasteiger partial charge on any atom is 0.307 e. The predicted octanol–water partition coefficient (Wildman–Crippen LogP) is 8.90. The van der Waals surface area contributed by atoms with Gasteiger partial charge in [0.05, 0.1) is 11.0 Å². The first kappa shape index (κ1) is 33.1. The molecule has 0 unspecified atom stereocenters. The standard InChI is InChI=1S/C34H52FNO3/c1-12-14-29(3,4)16-18-32(9,28(35)39)19-17-30(5,6)34(11)15-13-25-31(7,8)27(38)24(22-36)21-33(25,10)26(34)20-23(2)37/h20-21,25H,12-19H2,1-11H3/b26-20-/t25-,32-,33-,34+/m0/s1. The lowest BCUT2D eigenvalue weighted by Crippen LogP contribution is -2.55. The van der Waals surface area contributed by atoms with Gasteiger partial charge in [-0.2, -0.15) is 9.65 Å². The summed E-state index contributed by atoms with van der Waals surface area (Å²) in [7, 11) is 0. The van der Waals surface area contributed by atoms with Gasteiger partial charge in [0.25, 0.3) is 0 Å². The minimum absolute atomic E-state index is 0.0489. The van der Waals surface area contributed by atoms with Crippen molar-refractivity contribution in [3.8, 4) is 6.07 Å². The number of nitrogens with zero attached hydrogens (tertiary/aromatic N) is 1. The van der Waals surface area contributed by atoms with E-state index >= 15 is 0 Å². The van der Waals surface area contributed by atoms with Crippen molar-refractivity contribution in [2.24, 2.45) is 38.4 Å². The third-order valence-electron chi connectivity index (χ3n) is 11.0. The zero-order valence-electron chi connectivity index (χ0n) is 26.4. The van der Waals surface area contributed by atoms with Gasteiger partial charge in [0, 0.05) is 10.8 Å². The minimum atomic E-state index is -1.25. The second-order valence-corrected chi connectivity index (χ2v) is 15.2. The molecule has 4 atom stereocenters. The maximum atomic E-state index is 14.6. The molecule has 0 saturated heterocycles. The molecule has 5 heteroatoms.